The molecule has 0 unspecified atom stereocenters. The van der Waals surface area contributed by atoms with Crippen LogP contribution < -0.4 is 5.32 Å². The van der Waals surface area contributed by atoms with Gasteiger partial charge in [0.1, 0.15) is 5.60 Å². The zero-order valence-corrected chi connectivity index (χ0v) is 15.0. The maximum atomic E-state index is 11.9. The zero-order valence-electron chi connectivity index (χ0n) is 15.0. The van der Waals surface area contributed by atoms with Gasteiger partial charge in [0.05, 0.1) is 17.9 Å². The average molecular weight is 344 g/mol. The second kappa shape index (κ2) is 6.40. The quantitative estimate of drug-likeness (QED) is 0.857. The van der Waals surface area contributed by atoms with Gasteiger partial charge in [0, 0.05) is 11.1 Å². The zero-order chi connectivity index (χ0) is 18.9. The molecule has 134 valence electrons. The van der Waals surface area contributed by atoms with Gasteiger partial charge in [0.2, 0.25) is 0 Å². The summed E-state index contributed by atoms with van der Waals surface area (Å²) in [6, 6.07) is 9.38. The molecule has 1 aromatic rings. The number of ether oxygens (including phenoxy) is 1. The number of carboxylic acid groups (broad SMARTS) is 1. The van der Waals surface area contributed by atoms with Crippen LogP contribution in [0, 0.1) is 16.7 Å². The topological polar surface area (TPSA) is 99.4 Å². The Morgan fingerprint density at radius 2 is 2.00 bits per heavy atom. The molecule has 1 aliphatic carbocycles. The highest BCUT2D eigenvalue weighted by Crippen LogP contribution is 2.57. The molecule has 1 amide bonds. The predicted octanol–water partition coefficient (Wildman–Crippen LogP) is 4.07. The number of nitrogens with zero attached hydrogens (tertiary/aromatic N) is 1. The van der Waals surface area contributed by atoms with Crippen LogP contribution >= 0.6 is 0 Å². The first kappa shape index (κ1) is 18.8. The molecule has 2 rings (SSSR count). The maximum absolute atomic E-state index is 11.9. The minimum Gasteiger partial charge on any atom is -0.481 e. The molecule has 6 nitrogen and oxygen atoms in total. The van der Waals surface area contributed by atoms with Gasteiger partial charge in [0.25, 0.3) is 0 Å². The number of amides is 1. The molecule has 0 saturated heterocycles. The molecule has 6 heteroatoms. The first-order chi connectivity index (χ1) is 11.5. The third-order valence-corrected chi connectivity index (χ3v) is 4.34. The van der Waals surface area contributed by atoms with E-state index in [0.29, 0.717) is 18.5 Å². The summed E-state index contributed by atoms with van der Waals surface area (Å²) in [6.07, 6.45) is 0.366. The normalized spacial score (nSPS) is 25.4. The lowest BCUT2D eigenvalue weighted by molar-refractivity contribution is -0.140. The predicted molar refractivity (Wildman–Crippen MR) is 93.2 cm³/mol. The molecule has 0 heterocycles. The van der Waals surface area contributed by atoms with E-state index < -0.39 is 28.5 Å². The monoisotopic (exact) mass is 344 g/mol. The van der Waals surface area contributed by atoms with Gasteiger partial charge in [-0.15, -0.1) is 0 Å². The molecular weight excluding hydrogens is 320 g/mol. The molecule has 0 spiro atoms. The maximum Gasteiger partial charge on any atom is 0.412 e. The Morgan fingerprint density at radius 3 is 2.52 bits per heavy atom. The third kappa shape index (κ3) is 4.50. The van der Waals surface area contributed by atoms with E-state index in [9.17, 15) is 20.0 Å². The van der Waals surface area contributed by atoms with E-state index >= 15 is 0 Å². The van der Waals surface area contributed by atoms with Crippen LogP contribution in [0.2, 0.25) is 0 Å². The molecule has 0 radical (unpaired) electrons. The Hall–Kier alpha value is -2.55. The van der Waals surface area contributed by atoms with Crippen molar-refractivity contribution < 1.29 is 19.4 Å². The van der Waals surface area contributed by atoms with E-state index in [1.54, 1.807) is 39.0 Å². The van der Waals surface area contributed by atoms with Crippen molar-refractivity contribution in [2.75, 3.05) is 5.32 Å². The Balaban J connectivity index is 2.22. The summed E-state index contributed by atoms with van der Waals surface area (Å²) in [5, 5.41) is 21.2. The van der Waals surface area contributed by atoms with Gasteiger partial charge in [-0.05, 0) is 58.2 Å². The average Bonchev–Trinajstić information content (AvgIpc) is 2.42. The lowest BCUT2D eigenvalue weighted by atomic mass is 9.50. The van der Waals surface area contributed by atoms with Crippen molar-refractivity contribution in [2.24, 2.45) is 5.41 Å². The standard InChI is InChI=1S/C19H24N2O4/c1-17(2,3)25-16(24)21-14-7-5-6-13(8-14)19(9-15(22)23)10-18(4,11-19)12-20/h5-8H,9-11H2,1-4H3,(H,21,24)(H,22,23). The van der Waals surface area contributed by atoms with Crippen LogP contribution in [0.3, 0.4) is 0 Å². The van der Waals surface area contributed by atoms with Crippen molar-refractivity contribution in [3.05, 3.63) is 29.8 Å². The fourth-order valence-electron chi connectivity index (χ4n) is 3.59. The first-order valence-electron chi connectivity index (χ1n) is 8.21. The van der Waals surface area contributed by atoms with E-state index in [1.807, 2.05) is 13.0 Å². The minimum absolute atomic E-state index is 0.0415. The van der Waals surface area contributed by atoms with Gasteiger partial charge in [-0.25, -0.2) is 4.79 Å². The van der Waals surface area contributed by atoms with E-state index in [-0.39, 0.29) is 6.42 Å². The molecule has 0 aromatic heterocycles. The van der Waals surface area contributed by atoms with Crippen LogP contribution in [0.25, 0.3) is 0 Å². The Morgan fingerprint density at radius 1 is 1.36 bits per heavy atom. The number of carboxylic acids is 1. The van der Waals surface area contributed by atoms with Crippen molar-refractivity contribution >= 4 is 17.7 Å². The van der Waals surface area contributed by atoms with Gasteiger partial charge in [-0.3, -0.25) is 10.1 Å². The molecule has 1 aliphatic rings. The number of carbonyl (C=O) groups excluding carboxylic acids is 1. The highest BCUT2D eigenvalue weighted by Gasteiger charge is 2.54. The van der Waals surface area contributed by atoms with E-state index in [0.717, 1.165) is 5.56 Å². The third-order valence-electron chi connectivity index (χ3n) is 4.34. The fraction of sp³-hybridized carbons (Fsp3) is 0.526. The lowest BCUT2D eigenvalue weighted by Gasteiger charge is -2.51. The Bertz CT molecular complexity index is 722. The first-order valence-corrected chi connectivity index (χ1v) is 8.21. The summed E-state index contributed by atoms with van der Waals surface area (Å²) < 4.78 is 5.24. The summed E-state index contributed by atoms with van der Waals surface area (Å²) in [7, 11) is 0. The fourth-order valence-corrected chi connectivity index (χ4v) is 3.59. The minimum atomic E-state index is -0.898. The van der Waals surface area contributed by atoms with Gasteiger partial charge in [-0.1, -0.05) is 12.1 Å². The van der Waals surface area contributed by atoms with E-state index in [2.05, 4.69) is 11.4 Å². The van der Waals surface area contributed by atoms with E-state index in [1.165, 1.54) is 0 Å². The highest BCUT2D eigenvalue weighted by molar-refractivity contribution is 5.85. The van der Waals surface area contributed by atoms with Gasteiger partial charge < -0.3 is 9.84 Å². The van der Waals surface area contributed by atoms with E-state index in [4.69, 9.17) is 4.74 Å². The van der Waals surface area contributed by atoms with Crippen molar-refractivity contribution in [1.29, 1.82) is 5.26 Å². The van der Waals surface area contributed by atoms with Gasteiger partial charge in [0.15, 0.2) is 0 Å². The number of hydrogen-bond donors (Lipinski definition) is 2. The Kier molecular flexibility index (Phi) is 4.81. The number of nitriles is 1. The summed E-state index contributed by atoms with van der Waals surface area (Å²) in [5.74, 6) is -0.898. The molecule has 1 aromatic carbocycles. The second-order valence-electron chi connectivity index (χ2n) is 8.08. The van der Waals surface area contributed by atoms with Crippen molar-refractivity contribution in [1.82, 2.24) is 0 Å². The lowest BCUT2D eigenvalue weighted by Crippen LogP contribution is -2.48. The van der Waals surface area contributed by atoms with Crippen LogP contribution in [0.15, 0.2) is 24.3 Å². The highest BCUT2D eigenvalue weighted by atomic mass is 16.6. The van der Waals surface area contributed by atoms with Crippen LogP contribution in [-0.2, 0) is 14.9 Å². The van der Waals surface area contributed by atoms with Gasteiger partial charge in [-0.2, -0.15) is 5.26 Å². The van der Waals surface area contributed by atoms with Crippen LogP contribution in [0.1, 0.15) is 52.5 Å². The molecule has 1 fully saturated rings. The summed E-state index contributed by atoms with van der Waals surface area (Å²) in [4.78, 5) is 23.3. The molecule has 0 aliphatic heterocycles. The number of benzene rings is 1. The van der Waals surface area contributed by atoms with Crippen LogP contribution in [0.5, 0.6) is 0 Å². The van der Waals surface area contributed by atoms with Crippen LogP contribution in [0.4, 0.5) is 10.5 Å². The SMILES string of the molecule is CC1(C#N)CC(CC(=O)O)(c2cccc(NC(=O)OC(C)(C)C)c2)C1. The summed E-state index contributed by atoms with van der Waals surface area (Å²) >= 11 is 0. The molecule has 1 saturated carbocycles. The van der Waals surface area contributed by atoms with Crippen molar-refractivity contribution in [3.8, 4) is 6.07 Å². The Labute approximate surface area is 147 Å². The molecule has 2 N–H and O–H groups in total. The number of hydrogen-bond acceptors (Lipinski definition) is 4. The van der Waals surface area contributed by atoms with Crippen LogP contribution in [-0.4, -0.2) is 22.8 Å². The molecular formula is C19H24N2O4. The van der Waals surface area contributed by atoms with Gasteiger partial charge >= 0.3 is 12.1 Å². The number of aliphatic carboxylic acids is 1. The summed E-state index contributed by atoms with van der Waals surface area (Å²) in [5.41, 5.74) is -0.334. The van der Waals surface area contributed by atoms with Crippen molar-refractivity contribution in [2.45, 2.75) is 58.0 Å². The number of carbonyl (C=O) groups is 2. The largest absolute Gasteiger partial charge is 0.481 e. The molecule has 25 heavy (non-hydrogen) atoms. The second-order valence-corrected chi connectivity index (χ2v) is 8.08. The molecule has 0 bridgehead atoms. The summed E-state index contributed by atoms with van der Waals surface area (Å²) in [6.45, 7) is 7.18. The number of anilines is 1. The smallest absolute Gasteiger partial charge is 0.412 e. The number of nitrogens with one attached hydrogen (secondary N) is 1. The van der Waals surface area contributed by atoms with Crippen molar-refractivity contribution in [3.63, 3.8) is 0 Å². The number of rotatable bonds is 4. The molecule has 0 atom stereocenters.